The van der Waals surface area contributed by atoms with Crippen molar-refractivity contribution in [3.8, 4) is 11.4 Å². The molecule has 2 heterocycles. The van der Waals surface area contributed by atoms with E-state index in [4.69, 9.17) is 23.1 Å². The fourth-order valence-corrected chi connectivity index (χ4v) is 2.40. The Morgan fingerprint density at radius 2 is 1.85 bits per heavy atom. The standard InChI is InChI=1S/C13H11ClN4O2/c14-9-5-8-11(12(19)10(16)13(20)17-8)18(9)7-3-1-6(15)2-4-7/h1-5H,15-16H2,(H2,17,19,20). The summed E-state index contributed by atoms with van der Waals surface area (Å²) >= 11 is 6.18. The first-order valence-corrected chi connectivity index (χ1v) is 6.14. The number of aromatic amines is 1. The van der Waals surface area contributed by atoms with Gasteiger partial charge in [-0.3, -0.25) is 9.36 Å². The van der Waals surface area contributed by atoms with Gasteiger partial charge >= 0.3 is 0 Å². The number of nitrogen functional groups attached to an aromatic ring is 2. The van der Waals surface area contributed by atoms with Gasteiger partial charge in [0.2, 0.25) is 0 Å². The minimum atomic E-state index is -0.555. The molecule has 0 fully saturated rings. The van der Waals surface area contributed by atoms with Crippen molar-refractivity contribution in [1.29, 1.82) is 0 Å². The van der Waals surface area contributed by atoms with E-state index in [1.807, 2.05) is 0 Å². The van der Waals surface area contributed by atoms with Gasteiger partial charge < -0.3 is 21.6 Å². The molecule has 0 unspecified atom stereocenters. The molecular formula is C13H11ClN4O2. The predicted octanol–water partition coefficient (Wildman–Crippen LogP) is 1.84. The van der Waals surface area contributed by atoms with E-state index in [9.17, 15) is 9.90 Å². The van der Waals surface area contributed by atoms with Crippen molar-refractivity contribution in [2.45, 2.75) is 0 Å². The molecule has 0 aliphatic carbocycles. The van der Waals surface area contributed by atoms with Crippen molar-refractivity contribution in [2.75, 3.05) is 11.5 Å². The molecule has 20 heavy (non-hydrogen) atoms. The molecule has 1 aromatic carbocycles. The van der Waals surface area contributed by atoms with Gasteiger partial charge in [0.25, 0.3) is 5.56 Å². The summed E-state index contributed by atoms with van der Waals surface area (Å²) in [5, 5.41) is 10.4. The summed E-state index contributed by atoms with van der Waals surface area (Å²) in [6.45, 7) is 0. The molecule has 102 valence electrons. The number of nitrogens with two attached hydrogens (primary N) is 2. The van der Waals surface area contributed by atoms with E-state index in [1.54, 1.807) is 34.9 Å². The fourth-order valence-electron chi connectivity index (χ4n) is 2.11. The molecule has 3 aromatic rings. The van der Waals surface area contributed by atoms with Gasteiger partial charge in [0.15, 0.2) is 5.75 Å². The number of benzene rings is 1. The molecule has 0 atom stereocenters. The molecule has 7 heteroatoms. The van der Waals surface area contributed by atoms with Crippen molar-refractivity contribution >= 4 is 34.0 Å². The van der Waals surface area contributed by atoms with E-state index < -0.39 is 5.56 Å². The Hall–Kier alpha value is -2.60. The van der Waals surface area contributed by atoms with Crippen molar-refractivity contribution in [2.24, 2.45) is 0 Å². The van der Waals surface area contributed by atoms with Crippen LogP contribution in [0.5, 0.6) is 5.75 Å². The number of pyridine rings is 1. The van der Waals surface area contributed by atoms with Crippen molar-refractivity contribution in [3.63, 3.8) is 0 Å². The van der Waals surface area contributed by atoms with E-state index in [2.05, 4.69) is 4.98 Å². The van der Waals surface area contributed by atoms with Crippen LogP contribution in [0.1, 0.15) is 0 Å². The summed E-state index contributed by atoms with van der Waals surface area (Å²) in [5.41, 5.74) is 12.5. The smallest absolute Gasteiger partial charge is 0.275 e. The number of fused-ring (bicyclic) bond motifs is 1. The molecule has 6 nitrogen and oxygen atoms in total. The zero-order chi connectivity index (χ0) is 14.4. The number of anilines is 2. The highest BCUT2D eigenvalue weighted by Gasteiger charge is 2.17. The molecule has 0 saturated heterocycles. The average molecular weight is 291 g/mol. The molecule has 2 aromatic heterocycles. The summed E-state index contributed by atoms with van der Waals surface area (Å²) in [5.74, 6) is -0.299. The zero-order valence-electron chi connectivity index (χ0n) is 10.2. The fraction of sp³-hybridized carbons (Fsp3) is 0. The Bertz CT molecular complexity index is 865. The first-order valence-electron chi connectivity index (χ1n) is 5.76. The van der Waals surface area contributed by atoms with E-state index in [-0.39, 0.29) is 11.4 Å². The molecule has 0 saturated carbocycles. The third kappa shape index (κ3) is 1.70. The molecular weight excluding hydrogens is 280 g/mol. The number of hydrogen-bond acceptors (Lipinski definition) is 4. The molecule has 0 radical (unpaired) electrons. The van der Waals surface area contributed by atoms with Gasteiger partial charge in [-0.2, -0.15) is 0 Å². The summed E-state index contributed by atoms with van der Waals surface area (Å²) in [6.07, 6.45) is 0. The first kappa shape index (κ1) is 12.4. The molecule has 0 spiro atoms. The van der Waals surface area contributed by atoms with Gasteiger partial charge in [-0.05, 0) is 30.3 Å². The van der Waals surface area contributed by atoms with E-state index >= 15 is 0 Å². The molecule has 6 N–H and O–H groups in total. The number of aromatic hydroxyl groups is 1. The highest BCUT2D eigenvalue weighted by atomic mass is 35.5. The minimum absolute atomic E-state index is 0.246. The van der Waals surface area contributed by atoms with Crippen LogP contribution in [0.25, 0.3) is 16.7 Å². The average Bonchev–Trinajstić information content (AvgIpc) is 2.73. The Labute approximate surface area is 118 Å². The normalized spacial score (nSPS) is 11.1. The predicted molar refractivity (Wildman–Crippen MR) is 79.4 cm³/mol. The van der Waals surface area contributed by atoms with Crippen molar-refractivity contribution in [3.05, 3.63) is 45.8 Å². The van der Waals surface area contributed by atoms with Crippen LogP contribution in [-0.4, -0.2) is 14.7 Å². The van der Waals surface area contributed by atoms with Crippen LogP contribution in [-0.2, 0) is 0 Å². The molecule has 0 amide bonds. The second kappa shape index (κ2) is 4.21. The van der Waals surface area contributed by atoms with Gasteiger partial charge in [0.05, 0.1) is 5.52 Å². The minimum Gasteiger partial charge on any atom is -0.504 e. The lowest BCUT2D eigenvalue weighted by Crippen LogP contribution is -2.11. The first-order chi connectivity index (χ1) is 9.49. The lowest BCUT2D eigenvalue weighted by atomic mass is 10.2. The van der Waals surface area contributed by atoms with Crippen LogP contribution in [0.4, 0.5) is 11.4 Å². The third-order valence-corrected chi connectivity index (χ3v) is 3.36. The Morgan fingerprint density at radius 3 is 2.50 bits per heavy atom. The molecule has 3 rings (SSSR count). The van der Waals surface area contributed by atoms with Gasteiger partial charge in [-0.25, -0.2) is 0 Å². The van der Waals surface area contributed by atoms with Crippen LogP contribution in [0.3, 0.4) is 0 Å². The van der Waals surface area contributed by atoms with Crippen LogP contribution in [0.15, 0.2) is 35.1 Å². The van der Waals surface area contributed by atoms with Crippen LogP contribution in [0, 0.1) is 0 Å². The lowest BCUT2D eigenvalue weighted by molar-refractivity contribution is 0.481. The van der Waals surface area contributed by atoms with Crippen molar-refractivity contribution in [1.82, 2.24) is 9.55 Å². The molecule has 0 bridgehead atoms. The van der Waals surface area contributed by atoms with Crippen molar-refractivity contribution < 1.29 is 5.11 Å². The molecule has 0 aliphatic rings. The topological polar surface area (TPSA) is 110 Å². The van der Waals surface area contributed by atoms with E-state index in [0.717, 1.165) is 0 Å². The quantitative estimate of drug-likeness (QED) is 0.513. The monoisotopic (exact) mass is 290 g/mol. The van der Waals surface area contributed by atoms with Gasteiger partial charge in [0.1, 0.15) is 16.4 Å². The maximum absolute atomic E-state index is 11.5. The second-order valence-electron chi connectivity index (χ2n) is 4.37. The Balaban J connectivity index is 2.41. The van der Waals surface area contributed by atoms with E-state index in [1.165, 1.54) is 0 Å². The number of H-pyrrole nitrogens is 1. The Morgan fingerprint density at radius 1 is 1.20 bits per heavy atom. The van der Waals surface area contributed by atoms with Gasteiger partial charge in [-0.15, -0.1) is 0 Å². The number of nitrogens with zero attached hydrogens (tertiary/aromatic N) is 1. The number of hydrogen-bond donors (Lipinski definition) is 4. The zero-order valence-corrected chi connectivity index (χ0v) is 11.0. The van der Waals surface area contributed by atoms with Gasteiger partial charge in [-0.1, -0.05) is 11.6 Å². The largest absolute Gasteiger partial charge is 0.504 e. The van der Waals surface area contributed by atoms with Gasteiger partial charge in [0, 0.05) is 11.4 Å². The molecule has 0 aliphatic heterocycles. The number of aromatic nitrogens is 2. The van der Waals surface area contributed by atoms with Crippen LogP contribution in [0.2, 0.25) is 5.15 Å². The van der Waals surface area contributed by atoms with Crippen LogP contribution < -0.4 is 17.0 Å². The summed E-state index contributed by atoms with van der Waals surface area (Å²) < 4.78 is 1.58. The number of nitrogens with one attached hydrogen (secondary N) is 1. The number of halogens is 1. The lowest BCUT2D eigenvalue weighted by Gasteiger charge is -2.09. The SMILES string of the molecule is Nc1ccc(-n2c(Cl)cc3[nH]c(=O)c(N)c(O)c32)cc1. The van der Waals surface area contributed by atoms with Crippen LogP contribution >= 0.6 is 11.6 Å². The number of rotatable bonds is 1. The summed E-state index contributed by atoms with van der Waals surface area (Å²) in [4.78, 5) is 14.1. The maximum Gasteiger partial charge on any atom is 0.275 e. The Kier molecular flexibility index (Phi) is 2.62. The third-order valence-electron chi connectivity index (χ3n) is 3.08. The highest BCUT2D eigenvalue weighted by Crippen LogP contribution is 2.34. The highest BCUT2D eigenvalue weighted by molar-refractivity contribution is 6.31. The maximum atomic E-state index is 11.5. The summed E-state index contributed by atoms with van der Waals surface area (Å²) in [6, 6.07) is 8.48. The van der Waals surface area contributed by atoms with E-state index in [0.29, 0.717) is 27.6 Å². The summed E-state index contributed by atoms with van der Waals surface area (Å²) in [7, 11) is 0. The second-order valence-corrected chi connectivity index (χ2v) is 4.76.